The van der Waals surface area contributed by atoms with Crippen molar-refractivity contribution in [3.8, 4) is 0 Å². The molecule has 0 aromatic carbocycles. The number of carbonyl (C=O) groups is 3. The third kappa shape index (κ3) is 13.2. The fourth-order valence-electron chi connectivity index (χ4n) is 6.81. The minimum Gasteiger partial charge on any atom is -0.481 e. The monoisotopic (exact) mass is 674 g/mol. The highest BCUT2D eigenvalue weighted by molar-refractivity contribution is 5.79. The van der Waals surface area contributed by atoms with Crippen molar-refractivity contribution in [1.82, 2.24) is 10.6 Å². The number of carboxylic acid groups (broad SMARTS) is 2. The zero-order chi connectivity index (χ0) is 34.9. The van der Waals surface area contributed by atoms with E-state index in [0.29, 0.717) is 25.9 Å². The lowest BCUT2D eigenvalue weighted by Gasteiger charge is -2.46. The molecule has 11 atom stereocenters. The van der Waals surface area contributed by atoms with E-state index in [0.717, 1.165) is 19.3 Å². The lowest BCUT2D eigenvalue weighted by atomic mass is 9.75. The average Bonchev–Trinajstić information content (AvgIpc) is 3.04. The fraction of sp³-hybridized carbons (Fsp3) is 0.912. The molecule has 0 aromatic rings. The first-order valence-electron chi connectivity index (χ1n) is 17.8. The van der Waals surface area contributed by atoms with Crippen molar-refractivity contribution >= 4 is 17.8 Å². The molecule has 8 N–H and O–H groups in total. The smallest absolute Gasteiger partial charge is 0.320 e. The third-order valence-electron chi connectivity index (χ3n) is 10.0. The van der Waals surface area contributed by atoms with Gasteiger partial charge in [0, 0.05) is 19.1 Å². The highest BCUT2D eigenvalue weighted by Gasteiger charge is 2.51. The van der Waals surface area contributed by atoms with Crippen LogP contribution in [0.4, 0.5) is 0 Å². The van der Waals surface area contributed by atoms with Gasteiger partial charge in [0.2, 0.25) is 5.91 Å². The van der Waals surface area contributed by atoms with Gasteiger partial charge in [0.15, 0.2) is 0 Å². The molecule has 0 unspecified atom stereocenters. The Morgan fingerprint density at radius 2 is 1.34 bits per heavy atom. The zero-order valence-corrected chi connectivity index (χ0v) is 28.6. The summed E-state index contributed by atoms with van der Waals surface area (Å²) in [6, 6.07) is -0.695. The predicted molar refractivity (Wildman–Crippen MR) is 175 cm³/mol. The van der Waals surface area contributed by atoms with Crippen LogP contribution in [0.5, 0.6) is 0 Å². The molecule has 2 aliphatic carbocycles. The SMILES string of the molecule is CCCCCCCCCCCCO[C@@H]1C[C@H](C(=O)O)[C@@H](O[C@@H]2C[C@H](C(=O)NCCCC[C@H](NC)C(=O)O)[C@@H](O)[C@H](O)[C@H]2O)[C@H](O)[C@H]1C. The largest absolute Gasteiger partial charge is 0.481 e. The normalized spacial score (nSPS) is 31.7. The van der Waals surface area contributed by atoms with Crippen LogP contribution in [-0.4, -0.2) is 117 Å². The van der Waals surface area contributed by atoms with Gasteiger partial charge >= 0.3 is 11.9 Å². The molecule has 13 heteroatoms. The number of unbranched alkanes of at least 4 members (excludes halogenated alkanes) is 10. The van der Waals surface area contributed by atoms with Crippen LogP contribution in [0.25, 0.3) is 0 Å². The number of hydrogen-bond acceptors (Lipinski definition) is 10. The van der Waals surface area contributed by atoms with Crippen LogP contribution in [0, 0.1) is 17.8 Å². The van der Waals surface area contributed by atoms with Gasteiger partial charge in [0.1, 0.15) is 18.2 Å². The Morgan fingerprint density at radius 3 is 1.91 bits per heavy atom. The molecule has 2 rings (SSSR count). The van der Waals surface area contributed by atoms with Gasteiger partial charge in [-0.2, -0.15) is 0 Å². The van der Waals surface area contributed by atoms with Crippen molar-refractivity contribution in [2.75, 3.05) is 20.2 Å². The summed E-state index contributed by atoms with van der Waals surface area (Å²) in [5.74, 6) is -5.48. The summed E-state index contributed by atoms with van der Waals surface area (Å²) in [5.41, 5.74) is 0. The molecule has 47 heavy (non-hydrogen) atoms. The molecule has 0 bridgehead atoms. The van der Waals surface area contributed by atoms with Crippen molar-refractivity contribution in [2.45, 2.75) is 159 Å². The van der Waals surface area contributed by atoms with Gasteiger partial charge in [0.05, 0.1) is 42.4 Å². The van der Waals surface area contributed by atoms with Crippen molar-refractivity contribution < 1.29 is 54.5 Å². The number of ether oxygens (including phenoxy) is 2. The lowest BCUT2D eigenvalue weighted by molar-refractivity contribution is -0.228. The second-order valence-corrected chi connectivity index (χ2v) is 13.5. The van der Waals surface area contributed by atoms with Gasteiger partial charge in [-0.05, 0) is 45.6 Å². The van der Waals surface area contributed by atoms with Crippen molar-refractivity contribution in [3.63, 3.8) is 0 Å². The van der Waals surface area contributed by atoms with Crippen LogP contribution < -0.4 is 10.6 Å². The molecule has 13 nitrogen and oxygen atoms in total. The minimum absolute atomic E-state index is 0.101. The number of nitrogens with one attached hydrogen (secondary N) is 2. The van der Waals surface area contributed by atoms with Gasteiger partial charge in [0.25, 0.3) is 0 Å². The number of rotatable bonds is 23. The molecule has 274 valence electrons. The molecular weight excluding hydrogens is 612 g/mol. The number of hydrogen-bond donors (Lipinski definition) is 8. The number of aliphatic carboxylic acids is 2. The van der Waals surface area contributed by atoms with Crippen molar-refractivity contribution in [2.24, 2.45) is 17.8 Å². The van der Waals surface area contributed by atoms with Crippen molar-refractivity contribution in [3.05, 3.63) is 0 Å². The van der Waals surface area contributed by atoms with Crippen LogP contribution >= 0.6 is 0 Å². The molecule has 0 aromatic heterocycles. The number of aliphatic hydroxyl groups is 4. The highest BCUT2D eigenvalue weighted by Crippen LogP contribution is 2.37. The molecule has 1 amide bonds. The second kappa shape index (κ2) is 22.0. The summed E-state index contributed by atoms with van der Waals surface area (Å²) in [6.07, 6.45) is 4.05. The summed E-state index contributed by atoms with van der Waals surface area (Å²) >= 11 is 0. The molecule has 0 spiro atoms. The van der Waals surface area contributed by atoms with Crippen LogP contribution in [0.2, 0.25) is 0 Å². The number of aliphatic hydroxyl groups excluding tert-OH is 4. The second-order valence-electron chi connectivity index (χ2n) is 13.5. The van der Waals surface area contributed by atoms with Crippen LogP contribution in [0.15, 0.2) is 0 Å². The number of carboxylic acids is 2. The molecule has 2 fully saturated rings. The first-order valence-corrected chi connectivity index (χ1v) is 17.8. The zero-order valence-electron chi connectivity index (χ0n) is 28.6. The quantitative estimate of drug-likeness (QED) is 0.0733. The van der Waals surface area contributed by atoms with E-state index in [2.05, 4.69) is 17.6 Å². The standard InChI is InChI=1S/C34H62N2O11/c1-4-5-6-7-8-9-10-11-12-15-18-46-25-20-23(33(42)43)31(27(37)21(25)2)47-26-19-22(28(38)30(40)29(26)39)32(41)36-17-14-13-16-24(35-3)34(44)45/h21-31,35,37-40H,4-20H2,1-3H3,(H,36,41)(H,42,43)(H,44,45)/t21-,22-,23-,24-,25+,26+,27+,28+,29-,30-,31+/m0/s1. The molecule has 2 saturated carbocycles. The maximum absolute atomic E-state index is 13.0. The minimum atomic E-state index is -1.73. The van der Waals surface area contributed by atoms with Gasteiger partial charge in [-0.1, -0.05) is 71.6 Å². The first-order chi connectivity index (χ1) is 22.4. The summed E-state index contributed by atoms with van der Waals surface area (Å²) < 4.78 is 12.1. The van der Waals surface area contributed by atoms with E-state index in [1.165, 1.54) is 44.9 Å². The van der Waals surface area contributed by atoms with Gasteiger partial charge in [-0.15, -0.1) is 0 Å². The Bertz CT molecular complexity index is 925. The maximum Gasteiger partial charge on any atom is 0.320 e. The third-order valence-corrected chi connectivity index (χ3v) is 10.0. The van der Waals surface area contributed by atoms with E-state index in [4.69, 9.17) is 14.6 Å². The van der Waals surface area contributed by atoms with Gasteiger partial charge in [-0.3, -0.25) is 14.4 Å². The summed E-state index contributed by atoms with van der Waals surface area (Å²) in [7, 11) is 1.56. The van der Waals surface area contributed by atoms with E-state index in [-0.39, 0.29) is 19.4 Å². The Morgan fingerprint density at radius 1 is 0.745 bits per heavy atom. The topological polar surface area (TPSA) is 215 Å². The van der Waals surface area contributed by atoms with E-state index in [1.807, 2.05) is 0 Å². The van der Waals surface area contributed by atoms with Crippen LogP contribution in [0.3, 0.4) is 0 Å². The Kier molecular flexibility index (Phi) is 19.3. The molecular formula is C34H62N2O11. The maximum atomic E-state index is 13.0. The summed E-state index contributed by atoms with van der Waals surface area (Å²) in [6.45, 7) is 4.66. The van der Waals surface area contributed by atoms with Crippen LogP contribution in [0.1, 0.15) is 110 Å². The van der Waals surface area contributed by atoms with E-state index in [9.17, 15) is 39.9 Å². The van der Waals surface area contributed by atoms with Gasteiger partial charge < -0.3 is 50.7 Å². The van der Waals surface area contributed by atoms with E-state index >= 15 is 0 Å². The molecule has 0 radical (unpaired) electrons. The summed E-state index contributed by atoms with van der Waals surface area (Å²) in [5, 5.41) is 67.6. The molecule has 2 aliphatic rings. The van der Waals surface area contributed by atoms with Gasteiger partial charge in [-0.25, -0.2) is 0 Å². The molecule has 0 saturated heterocycles. The molecule has 0 heterocycles. The van der Waals surface area contributed by atoms with E-state index in [1.54, 1.807) is 14.0 Å². The number of amides is 1. The van der Waals surface area contributed by atoms with Crippen LogP contribution in [-0.2, 0) is 23.9 Å². The Hall–Kier alpha value is -1.87. The summed E-state index contributed by atoms with van der Waals surface area (Å²) in [4.78, 5) is 36.4. The van der Waals surface area contributed by atoms with E-state index < -0.39 is 84.4 Å². The predicted octanol–water partition coefficient (Wildman–Crippen LogP) is 2.21. The lowest BCUT2D eigenvalue weighted by Crippen LogP contribution is -2.61. The number of carbonyl (C=O) groups excluding carboxylic acids is 1. The average molecular weight is 675 g/mol. The fourth-order valence-corrected chi connectivity index (χ4v) is 6.81. The Balaban J connectivity index is 1.88. The first kappa shape index (κ1) is 41.3. The van der Waals surface area contributed by atoms with Crippen molar-refractivity contribution in [1.29, 1.82) is 0 Å². The Labute approximate surface area is 279 Å². The number of likely N-dealkylation sites (N-methyl/N-ethyl adjacent to an activating group) is 1. The highest BCUT2D eigenvalue weighted by atomic mass is 16.5. The molecule has 0 aliphatic heterocycles.